The molecule has 2 amide bonds. The molecular formula is C40H40FN13O3. The standard InChI is InChI=1S/C40H40FN13O3/c1-42-29-11-7-25(8-12-29)20-33(36(56)52(2)3)48-40-50-38(45-23-31-21-27-9-10-28(41)22-32(27)46-31)49-39(51-40)47-30-6-4-5-26(19-30)24-53-15-17-54(18-16-53)37(57)34-35(55)44-14-13-43-34/h4-14,19,22,33H,15-18,20-21,23-24H2,2-3H3,(H,44,55)(H3,45,47,48,49,50,51)/t33-/m0/s1. The van der Waals surface area contributed by atoms with E-state index in [1.165, 1.54) is 29.4 Å². The second kappa shape index (κ2) is 17.2. The lowest BCUT2D eigenvalue weighted by atomic mass is 10.0. The number of rotatable bonds is 13. The first-order valence-electron chi connectivity index (χ1n) is 18.3. The molecule has 7 rings (SSSR count). The van der Waals surface area contributed by atoms with Crippen LogP contribution in [0, 0.1) is 12.4 Å². The van der Waals surface area contributed by atoms with Gasteiger partial charge < -0.3 is 30.7 Å². The first-order chi connectivity index (χ1) is 27.6. The molecule has 290 valence electrons. The van der Waals surface area contributed by atoms with Gasteiger partial charge in [0.15, 0.2) is 11.4 Å². The molecule has 0 radical (unpaired) electrons. The molecule has 16 nitrogen and oxygen atoms in total. The minimum absolute atomic E-state index is 0.110. The average molecular weight is 770 g/mol. The lowest BCUT2D eigenvalue weighted by molar-refractivity contribution is -0.129. The van der Waals surface area contributed by atoms with Crippen molar-refractivity contribution in [3.8, 4) is 0 Å². The summed E-state index contributed by atoms with van der Waals surface area (Å²) in [6.07, 6.45) is 3.66. The molecule has 5 aromatic rings. The smallest absolute Gasteiger partial charge is 0.279 e. The minimum atomic E-state index is -0.741. The fourth-order valence-electron chi connectivity index (χ4n) is 6.59. The molecule has 17 heteroatoms. The van der Waals surface area contributed by atoms with Gasteiger partial charge in [0.2, 0.25) is 23.8 Å². The molecular weight excluding hydrogens is 730 g/mol. The molecule has 0 bridgehead atoms. The number of benzene rings is 3. The highest BCUT2D eigenvalue weighted by Gasteiger charge is 2.26. The van der Waals surface area contributed by atoms with Crippen molar-refractivity contribution < 1.29 is 14.0 Å². The highest BCUT2D eigenvalue weighted by molar-refractivity contribution is 5.96. The third-order valence-corrected chi connectivity index (χ3v) is 9.51. The molecule has 0 aliphatic carbocycles. The molecule has 4 N–H and O–H groups in total. The van der Waals surface area contributed by atoms with Crippen LogP contribution in [0.1, 0.15) is 27.2 Å². The maximum atomic E-state index is 13.8. The summed E-state index contributed by atoms with van der Waals surface area (Å²) >= 11 is 0. The summed E-state index contributed by atoms with van der Waals surface area (Å²) in [7, 11) is 3.35. The lowest BCUT2D eigenvalue weighted by Gasteiger charge is -2.34. The van der Waals surface area contributed by atoms with Gasteiger partial charge in [-0.15, -0.1) is 0 Å². The van der Waals surface area contributed by atoms with Crippen LogP contribution in [-0.2, 0) is 24.2 Å². The van der Waals surface area contributed by atoms with Crippen molar-refractivity contribution in [3.63, 3.8) is 0 Å². The van der Waals surface area contributed by atoms with Crippen molar-refractivity contribution in [1.82, 2.24) is 39.6 Å². The van der Waals surface area contributed by atoms with Crippen molar-refractivity contribution >= 4 is 52.4 Å². The largest absolute Gasteiger partial charge is 0.349 e. The third-order valence-electron chi connectivity index (χ3n) is 9.51. The molecule has 0 unspecified atom stereocenters. The number of hydrogen-bond acceptors (Lipinski definition) is 12. The van der Waals surface area contributed by atoms with E-state index in [2.05, 4.69) is 55.6 Å². The van der Waals surface area contributed by atoms with E-state index in [0.29, 0.717) is 63.5 Å². The highest BCUT2D eigenvalue weighted by Crippen LogP contribution is 2.28. The van der Waals surface area contributed by atoms with E-state index in [1.54, 1.807) is 37.2 Å². The Morgan fingerprint density at radius 2 is 1.74 bits per heavy atom. The second-order valence-corrected chi connectivity index (χ2v) is 13.9. The van der Waals surface area contributed by atoms with Crippen LogP contribution in [0.5, 0.6) is 0 Å². The van der Waals surface area contributed by atoms with Crippen molar-refractivity contribution in [2.24, 2.45) is 4.99 Å². The fraction of sp³-hybridized carbons (Fsp3) is 0.275. The van der Waals surface area contributed by atoms with Gasteiger partial charge in [0.25, 0.3) is 11.5 Å². The van der Waals surface area contributed by atoms with E-state index in [-0.39, 0.29) is 41.2 Å². The number of aliphatic imine (C=N–C) groups is 1. The molecule has 1 fully saturated rings. The number of carbonyl (C=O) groups is 2. The number of aromatic amines is 1. The zero-order valence-corrected chi connectivity index (χ0v) is 31.4. The number of aromatic nitrogens is 5. The molecule has 1 saturated heterocycles. The maximum Gasteiger partial charge on any atom is 0.279 e. The molecule has 0 spiro atoms. The van der Waals surface area contributed by atoms with Gasteiger partial charge in [0.1, 0.15) is 11.9 Å². The maximum absolute atomic E-state index is 13.8. The van der Waals surface area contributed by atoms with Crippen LogP contribution in [0.15, 0.2) is 88.9 Å². The molecule has 1 atom stereocenters. The Bertz CT molecular complexity index is 2400. The van der Waals surface area contributed by atoms with E-state index in [9.17, 15) is 18.8 Å². The Kier molecular flexibility index (Phi) is 11.5. The number of piperazine rings is 1. The molecule has 2 aromatic heterocycles. The summed E-state index contributed by atoms with van der Waals surface area (Å²) < 4.78 is 13.8. The molecule has 0 saturated carbocycles. The van der Waals surface area contributed by atoms with E-state index < -0.39 is 11.6 Å². The van der Waals surface area contributed by atoms with Gasteiger partial charge in [-0.2, -0.15) is 15.0 Å². The van der Waals surface area contributed by atoms with Crippen LogP contribution in [0.2, 0.25) is 0 Å². The Hall–Kier alpha value is -7.06. The first kappa shape index (κ1) is 38.2. The van der Waals surface area contributed by atoms with Crippen LogP contribution >= 0.6 is 0 Å². The summed E-state index contributed by atoms with van der Waals surface area (Å²) in [6, 6.07) is 18.7. The van der Waals surface area contributed by atoms with Crippen molar-refractivity contribution in [2.45, 2.75) is 25.4 Å². The Morgan fingerprint density at radius 1 is 0.965 bits per heavy atom. The van der Waals surface area contributed by atoms with Crippen LogP contribution in [-0.4, -0.2) is 110 Å². The van der Waals surface area contributed by atoms with Gasteiger partial charge in [0, 0.05) is 83.5 Å². The normalized spacial score (nSPS) is 14.2. The van der Waals surface area contributed by atoms with Crippen LogP contribution in [0.4, 0.5) is 39.3 Å². The molecule has 2 aliphatic heterocycles. The quantitative estimate of drug-likeness (QED) is 0.126. The topological polar surface area (TPSA) is 181 Å². The lowest BCUT2D eigenvalue weighted by Crippen LogP contribution is -2.49. The number of anilines is 4. The van der Waals surface area contributed by atoms with E-state index >= 15 is 0 Å². The number of halogens is 1. The second-order valence-electron chi connectivity index (χ2n) is 13.9. The summed E-state index contributed by atoms with van der Waals surface area (Å²) in [6.45, 7) is 10.3. The number of hydrogen-bond donors (Lipinski definition) is 4. The molecule has 4 heterocycles. The van der Waals surface area contributed by atoms with Gasteiger partial charge in [-0.3, -0.25) is 24.3 Å². The Balaban J connectivity index is 1.07. The first-order valence-corrected chi connectivity index (χ1v) is 18.3. The average Bonchev–Trinajstić information content (AvgIpc) is 3.62. The molecule has 2 aliphatic rings. The Morgan fingerprint density at radius 3 is 2.49 bits per heavy atom. The summed E-state index contributed by atoms with van der Waals surface area (Å²) in [5.74, 6) is -0.315. The number of carbonyl (C=O) groups excluding carboxylic acids is 2. The van der Waals surface area contributed by atoms with Gasteiger partial charge >= 0.3 is 0 Å². The van der Waals surface area contributed by atoms with Crippen LogP contribution < -0.4 is 21.5 Å². The number of likely N-dealkylation sites (N-methyl/N-ethyl adjacent to an activating group) is 1. The third kappa shape index (κ3) is 9.61. The summed E-state index contributed by atoms with van der Waals surface area (Å²) in [5, 5.41) is 9.75. The van der Waals surface area contributed by atoms with Crippen LogP contribution in [0.3, 0.4) is 0 Å². The van der Waals surface area contributed by atoms with Gasteiger partial charge in [-0.05, 0) is 41.0 Å². The van der Waals surface area contributed by atoms with E-state index in [4.69, 9.17) is 6.57 Å². The van der Waals surface area contributed by atoms with Crippen molar-refractivity contribution in [2.75, 3.05) is 62.8 Å². The van der Waals surface area contributed by atoms with E-state index in [0.717, 1.165) is 28.1 Å². The van der Waals surface area contributed by atoms with Gasteiger partial charge in [-0.1, -0.05) is 42.5 Å². The molecule has 57 heavy (non-hydrogen) atoms. The van der Waals surface area contributed by atoms with Crippen molar-refractivity contribution in [1.29, 1.82) is 0 Å². The highest BCUT2D eigenvalue weighted by atomic mass is 19.1. The van der Waals surface area contributed by atoms with E-state index in [1.807, 2.05) is 36.4 Å². The fourth-order valence-corrected chi connectivity index (χ4v) is 6.59. The number of fused-ring (bicyclic) bond motifs is 1. The summed E-state index contributed by atoms with van der Waals surface area (Å²) in [4.78, 5) is 72.2. The predicted molar refractivity (Wildman–Crippen MR) is 214 cm³/mol. The predicted octanol–water partition coefficient (Wildman–Crippen LogP) is 4.20. The number of nitrogens with one attached hydrogen (secondary N) is 4. The number of nitrogens with zero attached hydrogens (tertiary/aromatic N) is 9. The van der Waals surface area contributed by atoms with Crippen molar-refractivity contribution in [3.05, 3.63) is 129 Å². The Labute approximate surface area is 327 Å². The van der Waals surface area contributed by atoms with Gasteiger partial charge in [-0.25, -0.2) is 14.2 Å². The zero-order chi connectivity index (χ0) is 39.9. The zero-order valence-electron chi connectivity index (χ0n) is 31.4. The number of H-pyrrole nitrogens is 1. The minimum Gasteiger partial charge on any atom is -0.349 e. The monoisotopic (exact) mass is 769 g/mol. The van der Waals surface area contributed by atoms with Gasteiger partial charge in [0.05, 0.1) is 18.8 Å². The number of amides is 2. The summed E-state index contributed by atoms with van der Waals surface area (Å²) in [5.41, 5.74) is 4.79. The van der Waals surface area contributed by atoms with Crippen LogP contribution in [0.25, 0.3) is 4.85 Å². The molecule has 3 aromatic carbocycles. The SMILES string of the molecule is [C-]#[N+]c1ccc(C[C@H](Nc2nc(NCC3=Nc4cc(F)ccc4C3)nc(Nc3cccc(CN4CCN(C(=O)c5ncc[nH]c5=O)CC4)c3)n2)C(=O)N(C)C)cc1.